The summed E-state index contributed by atoms with van der Waals surface area (Å²) in [5.74, 6) is 0.285. The van der Waals surface area contributed by atoms with Crippen LogP contribution in [0.5, 0.6) is 0 Å². The molecular formula is C16H21N3O. The highest BCUT2D eigenvalue weighted by molar-refractivity contribution is 5.87. The number of carbonyl (C=O) groups is 1. The Morgan fingerprint density at radius 1 is 1.20 bits per heavy atom. The Balaban J connectivity index is 1.44. The summed E-state index contributed by atoms with van der Waals surface area (Å²) in [4.78, 5) is 17.3. The molecule has 1 aromatic rings. The summed E-state index contributed by atoms with van der Waals surface area (Å²) in [7, 11) is 0. The second-order valence-corrected chi connectivity index (χ2v) is 6.17. The maximum atomic E-state index is 12.7. The van der Waals surface area contributed by atoms with Crippen LogP contribution in [0.1, 0.15) is 18.4 Å². The van der Waals surface area contributed by atoms with Gasteiger partial charge in [-0.05, 0) is 31.0 Å². The van der Waals surface area contributed by atoms with Crippen molar-refractivity contribution in [3.63, 3.8) is 0 Å². The fraction of sp³-hybridized carbons (Fsp3) is 0.562. The van der Waals surface area contributed by atoms with Crippen molar-refractivity contribution in [2.45, 2.75) is 31.3 Å². The molecule has 1 N–H and O–H groups in total. The van der Waals surface area contributed by atoms with Crippen molar-refractivity contribution in [1.82, 2.24) is 9.80 Å². The Labute approximate surface area is 119 Å². The van der Waals surface area contributed by atoms with Crippen molar-refractivity contribution in [3.05, 3.63) is 29.8 Å². The van der Waals surface area contributed by atoms with Gasteiger partial charge in [-0.3, -0.25) is 9.69 Å². The molecule has 0 saturated carbocycles. The van der Waals surface area contributed by atoms with E-state index in [0.717, 1.165) is 31.7 Å². The van der Waals surface area contributed by atoms with Crippen molar-refractivity contribution in [1.29, 1.82) is 0 Å². The summed E-state index contributed by atoms with van der Waals surface area (Å²) in [6.07, 6.45) is 3.38. The minimum atomic E-state index is -0.0552. The number of para-hydroxylation sites is 1. The van der Waals surface area contributed by atoms with Gasteiger partial charge in [0.25, 0.3) is 0 Å². The third kappa shape index (κ3) is 1.99. The highest BCUT2D eigenvalue weighted by atomic mass is 16.2. The van der Waals surface area contributed by atoms with Crippen LogP contribution in [0.3, 0.4) is 0 Å². The Hall–Kier alpha value is -1.55. The minimum absolute atomic E-state index is 0.0552. The molecule has 1 amide bonds. The normalized spacial score (nSPS) is 28.9. The van der Waals surface area contributed by atoms with Crippen molar-refractivity contribution in [2.24, 2.45) is 0 Å². The summed E-state index contributed by atoms with van der Waals surface area (Å²) in [5.41, 5.74) is 2.40. The van der Waals surface area contributed by atoms with Gasteiger partial charge >= 0.3 is 0 Å². The topological polar surface area (TPSA) is 35.6 Å². The molecule has 0 aromatic heterocycles. The predicted octanol–water partition coefficient (Wildman–Crippen LogP) is 1.33. The van der Waals surface area contributed by atoms with Gasteiger partial charge in [-0.25, -0.2) is 0 Å². The molecule has 2 fully saturated rings. The van der Waals surface area contributed by atoms with Crippen LogP contribution in [0.2, 0.25) is 0 Å². The van der Waals surface area contributed by atoms with E-state index in [-0.39, 0.29) is 11.9 Å². The number of benzene rings is 1. The first kappa shape index (κ1) is 12.2. The molecule has 2 unspecified atom stereocenters. The Bertz CT molecular complexity index is 505. The highest BCUT2D eigenvalue weighted by Crippen LogP contribution is 2.27. The molecule has 1 aromatic carbocycles. The molecule has 20 heavy (non-hydrogen) atoms. The molecule has 106 valence electrons. The summed E-state index contributed by atoms with van der Waals surface area (Å²) < 4.78 is 0. The van der Waals surface area contributed by atoms with Gasteiger partial charge in [-0.1, -0.05) is 18.2 Å². The average Bonchev–Trinajstić information content (AvgIpc) is 3.11. The number of nitrogens with zero attached hydrogens (tertiary/aromatic N) is 2. The van der Waals surface area contributed by atoms with Gasteiger partial charge in [-0.15, -0.1) is 0 Å². The Kier molecular flexibility index (Phi) is 2.91. The lowest BCUT2D eigenvalue weighted by molar-refractivity contribution is -0.134. The van der Waals surface area contributed by atoms with E-state index in [2.05, 4.69) is 27.2 Å². The van der Waals surface area contributed by atoms with Gasteiger partial charge in [0.1, 0.15) is 6.04 Å². The van der Waals surface area contributed by atoms with Crippen LogP contribution < -0.4 is 5.32 Å². The number of hydrogen-bond acceptors (Lipinski definition) is 3. The first-order valence-electron chi connectivity index (χ1n) is 7.68. The molecule has 3 heterocycles. The molecule has 0 spiro atoms. The van der Waals surface area contributed by atoms with Gasteiger partial charge in [-0.2, -0.15) is 0 Å². The Morgan fingerprint density at radius 3 is 3.00 bits per heavy atom. The molecular weight excluding hydrogens is 250 g/mol. The zero-order valence-corrected chi connectivity index (χ0v) is 11.7. The predicted molar refractivity (Wildman–Crippen MR) is 78.7 cm³/mol. The second kappa shape index (κ2) is 4.77. The van der Waals surface area contributed by atoms with Crippen LogP contribution >= 0.6 is 0 Å². The summed E-state index contributed by atoms with van der Waals surface area (Å²) >= 11 is 0. The maximum absolute atomic E-state index is 12.7. The number of anilines is 1. The lowest BCUT2D eigenvalue weighted by Crippen LogP contribution is -2.55. The average molecular weight is 271 g/mol. The smallest absolute Gasteiger partial charge is 0.245 e. The van der Waals surface area contributed by atoms with Crippen LogP contribution in [-0.4, -0.2) is 54.0 Å². The van der Waals surface area contributed by atoms with Gasteiger partial charge in [0.2, 0.25) is 5.91 Å². The highest BCUT2D eigenvalue weighted by Gasteiger charge is 2.36. The van der Waals surface area contributed by atoms with Crippen LogP contribution in [0.25, 0.3) is 0 Å². The number of hydrogen-bond donors (Lipinski definition) is 1. The van der Waals surface area contributed by atoms with Gasteiger partial charge < -0.3 is 10.2 Å². The second-order valence-electron chi connectivity index (χ2n) is 6.17. The van der Waals surface area contributed by atoms with E-state index < -0.39 is 0 Å². The maximum Gasteiger partial charge on any atom is 0.245 e. The fourth-order valence-electron chi connectivity index (χ4n) is 3.86. The van der Waals surface area contributed by atoms with E-state index in [1.165, 1.54) is 24.9 Å². The van der Waals surface area contributed by atoms with Gasteiger partial charge in [0.05, 0.1) is 0 Å². The molecule has 0 aliphatic carbocycles. The van der Waals surface area contributed by atoms with E-state index in [9.17, 15) is 4.79 Å². The summed E-state index contributed by atoms with van der Waals surface area (Å²) in [6, 6.07) is 8.81. The minimum Gasteiger partial charge on any atom is -0.373 e. The molecule has 4 rings (SSSR count). The third-order valence-electron chi connectivity index (χ3n) is 4.97. The number of rotatable bonds is 1. The SMILES string of the molecule is O=C(C1Cc2ccccc2N1)N1CCN2CCCC2C1. The molecule has 0 radical (unpaired) electrons. The van der Waals surface area contributed by atoms with Gasteiger partial charge in [0, 0.05) is 37.8 Å². The van der Waals surface area contributed by atoms with E-state index in [4.69, 9.17) is 0 Å². The van der Waals surface area contributed by atoms with Crippen LogP contribution in [0.15, 0.2) is 24.3 Å². The number of piperazine rings is 1. The number of amides is 1. The molecule has 2 saturated heterocycles. The number of nitrogens with one attached hydrogen (secondary N) is 1. The van der Waals surface area contributed by atoms with E-state index in [1.807, 2.05) is 12.1 Å². The standard InChI is InChI=1S/C16H21N3O/c20-16(15-10-12-4-1-2-6-14(12)17-15)19-9-8-18-7-3-5-13(18)11-19/h1-2,4,6,13,15,17H,3,5,7-11H2. The number of carbonyl (C=O) groups excluding carboxylic acids is 1. The van der Waals surface area contributed by atoms with Crippen molar-refractivity contribution in [2.75, 3.05) is 31.5 Å². The van der Waals surface area contributed by atoms with E-state index in [1.54, 1.807) is 0 Å². The van der Waals surface area contributed by atoms with E-state index in [0.29, 0.717) is 6.04 Å². The van der Waals surface area contributed by atoms with Crippen LogP contribution in [0.4, 0.5) is 5.69 Å². The zero-order valence-electron chi connectivity index (χ0n) is 11.7. The van der Waals surface area contributed by atoms with E-state index >= 15 is 0 Å². The summed E-state index contributed by atoms with van der Waals surface area (Å²) in [6.45, 7) is 4.09. The monoisotopic (exact) mass is 271 g/mol. The zero-order chi connectivity index (χ0) is 13.5. The van der Waals surface area contributed by atoms with Crippen molar-refractivity contribution < 1.29 is 4.79 Å². The van der Waals surface area contributed by atoms with Crippen molar-refractivity contribution in [3.8, 4) is 0 Å². The quantitative estimate of drug-likeness (QED) is 0.837. The largest absolute Gasteiger partial charge is 0.373 e. The van der Waals surface area contributed by atoms with Crippen LogP contribution in [0, 0.1) is 0 Å². The molecule has 4 nitrogen and oxygen atoms in total. The Morgan fingerprint density at radius 2 is 2.10 bits per heavy atom. The third-order valence-corrected chi connectivity index (χ3v) is 4.97. The van der Waals surface area contributed by atoms with Crippen LogP contribution in [-0.2, 0) is 11.2 Å². The van der Waals surface area contributed by atoms with Crippen molar-refractivity contribution >= 4 is 11.6 Å². The molecule has 0 bridgehead atoms. The lowest BCUT2D eigenvalue weighted by atomic mass is 10.1. The molecule has 2 atom stereocenters. The van der Waals surface area contributed by atoms with Gasteiger partial charge in [0.15, 0.2) is 0 Å². The molecule has 3 aliphatic heterocycles. The first-order chi connectivity index (χ1) is 9.81. The first-order valence-corrected chi connectivity index (χ1v) is 7.68. The number of fused-ring (bicyclic) bond motifs is 2. The molecule has 3 aliphatic rings. The molecule has 4 heteroatoms. The lowest BCUT2D eigenvalue weighted by Gasteiger charge is -2.38. The summed E-state index contributed by atoms with van der Waals surface area (Å²) in [5, 5.41) is 3.39. The fourth-order valence-corrected chi connectivity index (χ4v) is 3.86.